The van der Waals surface area contributed by atoms with Crippen molar-refractivity contribution < 1.29 is 19.4 Å². The average Bonchev–Trinajstić information content (AvgIpc) is 2.67. The fraction of sp³-hybridized carbons (Fsp3) is 0.375. The van der Waals surface area contributed by atoms with Gasteiger partial charge in [0.25, 0.3) is 0 Å². The average molecular weight is 289 g/mol. The summed E-state index contributed by atoms with van der Waals surface area (Å²) in [5, 5.41) is 9.10. The third kappa shape index (κ3) is 4.08. The molecule has 1 aromatic rings. The summed E-state index contributed by atoms with van der Waals surface area (Å²) in [5.41, 5.74) is 3.10. The van der Waals surface area contributed by atoms with Gasteiger partial charge < -0.3 is 14.7 Å². The van der Waals surface area contributed by atoms with Crippen LogP contribution in [0.25, 0.3) is 6.08 Å². The summed E-state index contributed by atoms with van der Waals surface area (Å²) in [5.74, 6) is -0.357. The highest BCUT2D eigenvalue weighted by atomic mass is 16.5. The summed E-state index contributed by atoms with van der Waals surface area (Å²) in [6, 6.07) is 5.83. The Balaban J connectivity index is 2.14. The number of aryl methyl sites for hydroxylation is 1. The molecule has 5 heteroatoms. The van der Waals surface area contributed by atoms with E-state index >= 15 is 0 Å². The molecule has 2 rings (SSSR count). The quantitative estimate of drug-likeness (QED) is 0.686. The van der Waals surface area contributed by atoms with E-state index in [1.165, 1.54) is 11.0 Å². The van der Waals surface area contributed by atoms with Gasteiger partial charge in [0.1, 0.15) is 0 Å². The van der Waals surface area contributed by atoms with Crippen LogP contribution in [0.1, 0.15) is 30.0 Å². The maximum Gasteiger partial charge on any atom is 0.407 e. The SMILES string of the molecule is CCOC(=O)C=Cc1ccc2c(c1)CCCN(C(=O)O)C2. The summed E-state index contributed by atoms with van der Waals surface area (Å²) in [6.07, 6.45) is 3.91. The topological polar surface area (TPSA) is 66.8 Å². The van der Waals surface area contributed by atoms with Crippen LogP contribution in [0.4, 0.5) is 4.79 Å². The Hall–Kier alpha value is -2.30. The lowest BCUT2D eigenvalue weighted by Gasteiger charge is -2.16. The molecule has 0 saturated heterocycles. The molecule has 0 atom stereocenters. The number of fused-ring (bicyclic) bond motifs is 1. The molecule has 0 bridgehead atoms. The van der Waals surface area contributed by atoms with Gasteiger partial charge in [-0.2, -0.15) is 0 Å². The number of benzene rings is 1. The van der Waals surface area contributed by atoms with Crippen molar-refractivity contribution in [3.05, 3.63) is 41.0 Å². The molecule has 0 saturated carbocycles. The standard InChI is InChI=1S/C16H19NO4/c1-2-21-15(18)8-6-12-5-7-14-11-17(16(19)20)9-3-4-13(14)10-12/h5-8,10H,2-4,9,11H2,1H3,(H,19,20). The number of carboxylic acid groups (broad SMARTS) is 1. The molecule has 1 N–H and O–H groups in total. The molecule has 1 aliphatic heterocycles. The van der Waals surface area contributed by atoms with E-state index < -0.39 is 6.09 Å². The fourth-order valence-electron chi connectivity index (χ4n) is 2.40. The summed E-state index contributed by atoms with van der Waals surface area (Å²) < 4.78 is 4.84. The third-order valence-corrected chi connectivity index (χ3v) is 3.43. The van der Waals surface area contributed by atoms with Crippen molar-refractivity contribution in [3.63, 3.8) is 0 Å². The Morgan fingerprint density at radius 2 is 2.19 bits per heavy atom. The van der Waals surface area contributed by atoms with E-state index in [0.717, 1.165) is 29.5 Å². The molecular weight excluding hydrogens is 270 g/mol. The van der Waals surface area contributed by atoms with Crippen LogP contribution in [0.5, 0.6) is 0 Å². The molecule has 1 aliphatic rings. The lowest BCUT2D eigenvalue weighted by atomic mass is 10.0. The molecule has 0 radical (unpaired) electrons. The normalized spacial score (nSPS) is 14.6. The number of esters is 1. The number of rotatable bonds is 3. The predicted octanol–water partition coefficient (Wildman–Crippen LogP) is 2.69. The van der Waals surface area contributed by atoms with Crippen LogP contribution in [-0.4, -0.2) is 35.2 Å². The number of amides is 1. The van der Waals surface area contributed by atoms with E-state index in [1.807, 2.05) is 18.2 Å². The van der Waals surface area contributed by atoms with Gasteiger partial charge >= 0.3 is 12.1 Å². The molecule has 21 heavy (non-hydrogen) atoms. The third-order valence-electron chi connectivity index (χ3n) is 3.43. The van der Waals surface area contributed by atoms with Gasteiger partial charge in [-0.25, -0.2) is 9.59 Å². The zero-order valence-electron chi connectivity index (χ0n) is 12.0. The minimum atomic E-state index is -0.880. The Morgan fingerprint density at radius 1 is 1.38 bits per heavy atom. The van der Waals surface area contributed by atoms with Crippen molar-refractivity contribution in [2.45, 2.75) is 26.3 Å². The molecule has 1 aromatic carbocycles. The number of carbonyl (C=O) groups excluding carboxylic acids is 1. The number of hydrogen-bond donors (Lipinski definition) is 1. The first-order valence-electron chi connectivity index (χ1n) is 7.04. The van der Waals surface area contributed by atoms with E-state index in [0.29, 0.717) is 19.7 Å². The molecule has 0 spiro atoms. The Bertz CT molecular complexity index is 565. The van der Waals surface area contributed by atoms with Gasteiger partial charge in [0, 0.05) is 19.2 Å². The molecule has 1 heterocycles. The lowest BCUT2D eigenvalue weighted by molar-refractivity contribution is -0.137. The predicted molar refractivity (Wildman–Crippen MR) is 78.9 cm³/mol. The summed E-state index contributed by atoms with van der Waals surface area (Å²) in [6.45, 7) is 3.10. The van der Waals surface area contributed by atoms with E-state index in [1.54, 1.807) is 13.0 Å². The smallest absolute Gasteiger partial charge is 0.407 e. The Kier molecular flexibility index (Phi) is 4.98. The fourth-order valence-corrected chi connectivity index (χ4v) is 2.40. The van der Waals surface area contributed by atoms with Crippen molar-refractivity contribution in [2.24, 2.45) is 0 Å². The van der Waals surface area contributed by atoms with Crippen LogP contribution in [0.3, 0.4) is 0 Å². The molecule has 0 aromatic heterocycles. The summed E-state index contributed by atoms with van der Waals surface area (Å²) >= 11 is 0. The highest BCUT2D eigenvalue weighted by molar-refractivity contribution is 5.87. The van der Waals surface area contributed by atoms with Crippen molar-refractivity contribution >= 4 is 18.1 Å². The zero-order valence-corrected chi connectivity index (χ0v) is 12.0. The van der Waals surface area contributed by atoms with Crippen LogP contribution < -0.4 is 0 Å². The van der Waals surface area contributed by atoms with Crippen molar-refractivity contribution in [1.82, 2.24) is 4.90 Å². The minimum Gasteiger partial charge on any atom is -0.465 e. The largest absolute Gasteiger partial charge is 0.465 e. The highest BCUT2D eigenvalue weighted by Crippen LogP contribution is 2.21. The van der Waals surface area contributed by atoms with E-state index in [-0.39, 0.29) is 5.97 Å². The van der Waals surface area contributed by atoms with Gasteiger partial charge in [-0.3, -0.25) is 0 Å². The zero-order chi connectivity index (χ0) is 15.2. The summed E-state index contributed by atoms with van der Waals surface area (Å²) in [7, 11) is 0. The molecular formula is C16H19NO4. The maximum atomic E-state index is 11.3. The van der Waals surface area contributed by atoms with Gasteiger partial charge in [-0.1, -0.05) is 18.2 Å². The van der Waals surface area contributed by atoms with Gasteiger partial charge in [0.05, 0.1) is 6.61 Å². The first-order chi connectivity index (χ1) is 10.1. The Labute approximate surface area is 123 Å². The second-order valence-electron chi connectivity index (χ2n) is 4.92. The van der Waals surface area contributed by atoms with Gasteiger partial charge in [-0.05, 0) is 42.5 Å². The number of ether oxygens (including phenoxy) is 1. The second-order valence-corrected chi connectivity index (χ2v) is 4.92. The monoisotopic (exact) mass is 289 g/mol. The van der Waals surface area contributed by atoms with E-state index in [4.69, 9.17) is 9.84 Å². The molecule has 0 aliphatic carbocycles. The molecule has 0 unspecified atom stereocenters. The summed E-state index contributed by atoms with van der Waals surface area (Å²) in [4.78, 5) is 23.8. The number of hydrogen-bond acceptors (Lipinski definition) is 3. The molecule has 112 valence electrons. The van der Waals surface area contributed by atoms with Gasteiger partial charge in [0.2, 0.25) is 0 Å². The van der Waals surface area contributed by atoms with Crippen LogP contribution >= 0.6 is 0 Å². The van der Waals surface area contributed by atoms with Gasteiger partial charge in [0.15, 0.2) is 0 Å². The van der Waals surface area contributed by atoms with Crippen LogP contribution in [0.15, 0.2) is 24.3 Å². The highest BCUT2D eigenvalue weighted by Gasteiger charge is 2.17. The van der Waals surface area contributed by atoms with Crippen LogP contribution in [-0.2, 0) is 22.5 Å². The molecule has 0 fully saturated rings. The van der Waals surface area contributed by atoms with E-state index in [2.05, 4.69) is 0 Å². The second kappa shape index (κ2) is 6.92. The molecule has 5 nitrogen and oxygen atoms in total. The first kappa shape index (κ1) is 15.1. The number of carbonyl (C=O) groups is 2. The number of nitrogens with zero attached hydrogens (tertiary/aromatic N) is 1. The van der Waals surface area contributed by atoms with Crippen LogP contribution in [0, 0.1) is 0 Å². The van der Waals surface area contributed by atoms with Crippen molar-refractivity contribution in [1.29, 1.82) is 0 Å². The van der Waals surface area contributed by atoms with Crippen molar-refractivity contribution in [3.8, 4) is 0 Å². The van der Waals surface area contributed by atoms with Crippen LogP contribution in [0.2, 0.25) is 0 Å². The van der Waals surface area contributed by atoms with E-state index in [9.17, 15) is 9.59 Å². The molecule has 1 amide bonds. The minimum absolute atomic E-state index is 0.357. The Morgan fingerprint density at radius 3 is 2.90 bits per heavy atom. The lowest BCUT2D eigenvalue weighted by Crippen LogP contribution is -2.28. The maximum absolute atomic E-state index is 11.3. The van der Waals surface area contributed by atoms with Gasteiger partial charge in [-0.15, -0.1) is 0 Å². The van der Waals surface area contributed by atoms with Crippen molar-refractivity contribution in [2.75, 3.05) is 13.2 Å². The first-order valence-corrected chi connectivity index (χ1v) is 7.04.